The van der Waals surface area contributed by atoms with E-state index in [-0.39, 0.29) is 18.2 Å². The van der Waals surface area contributed by atoms with Gasteiger partial charge in [0.25, 0.3) is 5.91 Å². The molecule has 5 heteroatoms. The number of benzene rings is 1. The molecule has 0 aliphatic carbocycles. The van der Waals surface area contributed by atoms with Crippen molar-refractivity contribution < 1.29 is 9.59 Å². The van der Waals surface area contributed by atoms with E-state index in [1.807, 2.05) is 0 Å². The van der Waals surface area contributed by atoms with Crippen molar-refractivity contribution in [3.05, 3.63) is 59.6 Å². The van der Waals surface area contributed by atoms with Crippen LogP contribution >= 0.6 is 15.9 Å². The number of halogens is 1. The minimum atomic E-state index is -0.186. The second-order valence-electron chi connectivity index (χ2n) is 4.39. The summed E-state index contributed by atoms with van der Waals surface area (Å²) in [7, 11) is 0. The number of carbonyl (C=O) groups excluding carboxylic acids is 2. The number of carbonyl (C=O) groups is 2. The molecule has 0 unspecified atom stereocenters. The van der Waals surface area contributed by atoms with Gasteiger partial charge in [-0.3, -0.25) is 9.59 Å². The van der Waals surface area contributed by atoms with Crippen molar-refractivity contribution in [2.24, 2.45) is 0 Å². The van der Waals surface area contributed by atoms with E-state index in [2.05, 4.69) is 34.4 Å². The van der Waals surface area contributed by atoms with E-state index in [0.29, 0.717) is 25.2 Å². The molecule has 0 fully saturated rings. The third-order valence-corrected chi connectivity index (χ3v) is 3.31. The van der Waals surface area contributed by atoms with Crippen LogP contribution in [0.5, 0.6) is 0 Å². The number of rotatable bonds is 8. The average Bonchev–Trinajstić information content (AvgIpc) is 2.47. The van der Waals surface area contributed by atoms with E-state index in [0.717, 1.165) is 4.47 Å². The van der Waals surface area contributed by atoms with Gasteiger partial charge in [-0.1, -0.05) is 28.1 Å². The molecule has 4 nitrogen and oxygen atoms in total. The van der Waals surface area contributed by atoms with Crippen molar-refractivity contribution >= 4 is 27.7 Å². The molecule has 0 aliphatic heterocycles. The Hall–Kier alpha value is -1.88. The lowest BCUT2D eigenvalue weighted by molar-refractivity contribution is -0.130. The first kappa shape index (κ1) is 17.2. The highest BCUT2D eigenvalue weighted by molar-refractivity contribution is 9.10. The Kier molecular flexibility index (Phi) is 7.46. The maximum Gasteiger partial charge on any atom is 0.251 e. The van der Waals surface area contributed by atoms with E-state index >= 15 is 0 Å². The normalized spacial score (nSPS) is 9.76. The Morgan fingerprint density at radius 1 is 1.14 bits per heavy atom. The summed E-state index contributed by atoms with van der Waals surface area (Å²) < 4.78 is 0.915. The number of nitrogens with zero attached hydrogens (tertiary/aromatic N) is 1. The molecule has 0 atom stereocenters. The quantitative estimate of drug-likeness (QED) is 0.733. The fraction of sp³-hybridized carbons (Fsp3) is 0.250. The lowest BCUT2D eigenvalue weighted by Gasteiger charge is -2.19. The largest absolute Gasteiger partial charge is 0.352 e. The van der Waals surface area contributed by atoms with Crippen molar-refractivity contribution in [1.29, 1.82) is 0 Å². The summed E-state index contributed by atoms with van der Waals surface area (Å²) in [5, 5.41) is 2.74. The van der Waals surface area contributed by atoms with Crippen LogP contribution in [0.1, 0.15) is 16.8 Å². The molecule has 2 amide bonds. The molecule has 1 aromatic carbocycles. The summed E-state index contributed by atoms with van der Waals surface area (Å²) in [6.07, 6.45) is 3.59. The maximum absolute atomic E-state index is 12.0. The van der Waals surface area contributed by atoms with Crippen LogP contribution in [0, 0.1) is 0 Å². The molecule has 112 valence electrons. The van der Waals surface area contributed by atoms with Gasteiger partial charge in [-0.05, 0) is 24.3 Å². The smallest absolute Gasteiger partial charge is 0.251 e. The second kappa shape index (κ2) is 9.13. The van der Waals surface area contributed by atoms with Gasteiger partial charge in [0.1, 0.15) is 0 Å². The van der Waals surface area contributed by atoms with Gasteiger partial charge in [0.15, 0.2) is 0 Å². The standard InChI is InChI=1S/C16H19BrN2O2/c1-3-11-19(12-4-2)15(20)9-10-18-16(21)13-5-7-14(17)8-6-13/h3-8H,1-2,9-12H2,(H,18,21). The Labute approximate surface area is 133 Å². The number of hydrogen-bond donors (Lipinski definition) is 1. The van der Waals surface area contributed by atoms with Crippen LogP contribution < -0.4 is 5.32 Å². The highest BCUT2D eigenvalue weighted by atomic mass is 79.9. The van der Waals surface area contributed by atoms with E-state index in [9.17, 15) is 9.59 Å². The van der Waals surface area contributed by atoms with Crippen LogP contribution in [-0.4, -0.2) is 36.3 Å². The Bertz CT molecular complexity index is 502. The molecule has 0 aromatic heterocycles. The minimum absolute atomic E-state index is 0.0362. The molecule has 1 aromatic rings. The SMILES string of the molecule is C=CCN(CC=C)C(=O)CCNC(=O)c1ccc(Br)cc1. The fourth-order valence-electron chi connectivity index (χ4n) is 1.73. The van der Waals surface area contributed by atoms with Crippen molar-refractivity contribution in [3.8, 4) is 0 Å². The third kappa shape index (κ3) is 5.95. The van der Waals surface area contributed by atoms with Crippen LogP contribution in [0.25, 0.3) is 0 Å². The molecule has 21 heavy (non-hydrogen) atoms. The summed E-state index contributed by atoms with van der Waals surface area (Å²) in [4.78, 5) is 25.5. The average molecular weight is 351 g/mol. The van der Waals surface area contributed by atoms with Gasteiger partial charge in [-0.15, -0.1) is 13.2 Å². The van der Waals surface area contributed by atoms with Crippen molar-refractivity contribution in [3.63, 3.8) is 0 Å². The van der Waals surface area contributed by atoms with Gasteiger partial charge < -0.3 is 10.2 Å². The molecular formula is C16H19BrN2O2. The van der Waals surface area contributed by atoms with Crippen molar-refractivity contribution in [2.45, 2.75) is 6.42 Å². The summed E-state index contributed by atoms with van der Waals surface area (Å²) >= 11 is 3.31. The van der Waals surface area contributed by atoms with Gasteiger partial charge in [-0.2, -0.15) is 0 Å². The first-order chi connectivity index (χ1) is 10.1. The molecule has 0 spiro atoms. The zero-order valence-electron chi connectivity index (χ0n) is 11.8. The van der Waals surface area contributed by atoms with Crippen LogP contribution in [-0.2, 0) is 4.79 Å². The molecule has 0 bridgehead atoms. The third-order valence-electron chi connectivity index (χ3n) is 2.78. The molecule has 0 aliphatic rings. The molecule has 0 radical (unpaired) electrons. The highest BCUT2D eigenvalue weighted by Crippen LogP contribution is 2.10. The first-order valence-electron chi connectivity index (χ1n) is 6.61. The topological polar surface area (TPSA) is 49.4 Å². The van der Waals surface area contributed by atoms with Crippen LogP contribution in [0.15, 0.2) is 54.0 Å². The van der Waals surface area contributed by atoms with E-state index in [4.69, 9.17) is 0 Å². The number of nitrogens with one attached hydrogen (secondary N) is 1. The van der Waals surface area contributed by atoms with Gasteiger partial charge >= 0.3 is 0 Å². The van der Waals surface area contributed by atoms with Gasteiger partial charge in [0.05, 0.1) is 0 Å². The van der Waals surface area contributed by atoms with Crippen LogP contribution in [0.3, 0.4) is 0 Å². The van der Waals surface area contributed by atoms with Crippen molar-refractivity contribution in [2.75, 3.05) is 19.6 Å². The highest BCUT2D eigenvalue weighted by Gasteiger charge is 2.11. The summed E-state index contributed by atoms with van der Waals surface area (Å²) in [6, 6.07) is 7.05. The summed E-state index contributed by atoms with van der Waals surface area (Å²) in [6.45, 7) is 8.50. The Balaban J connectivity index is 2.42. The molecule has 0 saturated carbocycles. The van der Waals surface area contributed by atoms with Gasteiger partial charge in [0, 0.05) is 36.1 Å². The Morgan fingerprint density at radius 3 is 2.24 bits per heavy atom. The molecule has 0 saturated heterocycles. The van der Waals surface area contributed by atoms with Crippen LogP contribution in [0.2, 0.25) is 0 Å². The maximum atomic E-state index is 12.0. The summed E-state index contributed by atoms with van der Waals surface area (Å²) in [5.74, 6) is -0.222. The zero-order valence-corrected chi connectivity index (χ0v) is 13.4. The van der Waals surface area contributed by atoms with Gasteiger partial charge in [0.2, 0.25) is 5.91 Å². The van der Waals surface area contributed by atoms with E-state index < -0.39 is 0 Å². The molecule has 0 heterocycles. The molecule has 1 rings (SSSR count). The van der Waals surface area contributed by atoms with E-state index in [1.54, 1.807) is 41.3 Å². The predicted molar refractivity (Wildman–Crippen MR) is 88.1 cm³/mol. The lowest BCUT2D eigenvalue weighted by atomic mass is 10.2. The molecule has 1 N–H and O–H groups in total. The molecular weight excluding hydrogens is 332 g/mol. The van der Waals surface area contributed by atoms with Crippen molar-refractivity contribution in [1.82, 2.24) is 10.2 Å². The van der Waals surface area contributed by atoms with Crippen LogP contribution in [0.4, 0.5) is 0 Å². The fourth-order valence-corrected chi connectivity index (χ4v) is 2.00. The lowest BCUT2D eigenvalue weighted by Crippen LogP contribution is -2.34. The Morgan fingerprint density at radius 2 is 1.71 bits per heavy atom. The van der Waals surface area contributed by atoms with Gasteiger partial charge in [-0.25, -0.2) is 0 Å². The number of amides is 2. The van der Waals surface area contributed by atoms with E-state index in [1.165, 1.54) is 0 Å². The summed E-state index contributed by atoms with van der Waals surface area (Å²) in [5.41, 5.74) is 0.569. The first-order valence-corrected chi connectivity index (χ1v) is 7.41. The minimum Gasteiger partial charge on any atom is -0.352 e. The zero-order chi connectivity index (χ0) is 15.7. The number of hydrogen-bond acceptors (Lipinski definition) is 2. The monoisotopic (exact) mass is 350 g/mol. The predicted octanol–water partition coefficient (Wildman–Crippen LogP) is 2.77. The second-order valence-corrected chi connectivity index (χ2v) is 5.30.